The first-order valence-corrected chi connectivity index (χ1v) is 9.00. The Morgan fingerprint density at radius 2 is 1.83 bits per heavy atom. The molecule has 158 valence electrons. The van der Waals surface area contributed by atoms with Crippen LogP contribution in [-0.2, 0) is 9.59 Å². The predicted octanol–water partition coefficient (Wildman–Crippen LogP) is 1.24. The van der Waals surface area contributed by atoms with Crippen LogP contribution in [0.1, 0.15) is 36.4 Å². The molecular formula is C20H20N3O7-. The number of nitro groups is 1. The molecule has 0 saturated heterocycles. The molecule has 1 aromatic heterocycles. The number of carbonyl (C=O) groups is 3. The van der Waals surface area contributed by atoms with E-state index in [1.54, 1.807) is 13.8 Å². The maximum atomic E-state index is 12.7. The third-order valence-corrected chi connectivity index (χ3v) is 3.95. The average molecular weight is 414 g/mol. The lowest BCUT2D eigenvalue weighted by Crippen LogP contribution is -2.50. The second-order valence-electron chi connectivity index (χ2n) is 6.81. The highest BCUT2D eigenvalue weighted by atomic mass is 16.6. The second kappa shape index (κ2) is 10.0. The highest BCUT2D eigenvalue weighted by molar-refractivity contribution is 6.05. The fraction of sp³-hybridized carbons (Fsp3) is 0.250. The number of hydrogen-bond donors (Lipinski definition) is 2. The highest BCUT2D eigenvalue weighted by Crippen LogP contribution is 2.15. The molecule has 10 nitrogen and oxygen atoms in total. The number of hydrogen-bond acceptors (Lipinski definition) is 7. The third-order valence-electron chi connectivity index (χ3n) is 3.95. The van der Waals surface area contributed by atoms with Crippen LogP contribution in [0.5, 0.6) is 0 Å². The minimum Gasteiger partial charge on any atom is -0.548 e. The number of nitrogens with zero attached hydrogens (tertiary/aromatic N) is 1. The summed E-state index contributed by atoms with van der Waals surface area (Å²) in [7, 11) is 0. The maximum absolute atomic E-state index is 12.7. The summed E-state index contributed by atoms with van der Waals surface area (Å²) >= 11 is 0. The van der Waals surface area contributed by atoms with E-state index >= 15 is 0 Å². The van der Waals surface area contributed by atoms with Gasteiger partial charge in [-0.2, -0.15) is 0 Å². The van der Waals surface area contributed by atoms with Crippen molar-refractivity contribution in [2.24, 2.45) is 5.92 Å². The van der Waals surface area contributed by atoms with Gasteiger partial charge in [0.1, 0.15) is 5.70 Å². The van der Waals surface area contributed by atoms with Gasteiger partial charge in [-0.1, -0.05) is 13.8 Å². The van der Waals surface area contributed by atoms with Gasteiger partial charge in [0.05, 0.1) is 23.2 Å². The van der Waals surface area contributed by atoms with Crippen molar-refractivity contribution in [3.8, 4) is 0 Å². The Labute approximate surface area is 171 Å². The topological polar surface area (TPSA) is 155 Å². The molecule has 30 heavy (non-hydrogen) atoms. The van der Waals surface area contributed by atoms with E-state index in [1.165, 1.54) is 48.7 Å². The number of carboxylic acids is 1. The van der Waals surface area contributed by atoms with Crippen molar-refractivity contribution in [2.75, 3.05) is 0 Å². The predicted molar refractivity (Wildman–Crippen MR) is 104 cm³/mol. The van der Waals surface area contributed by atoms with Crippen molar-refractivity contribution in [1.29, 1.82) is 0 Å². The van der Waals surface area contributed by atoms with Gasteiger partial charge >= 0.3 is 0 Å². The summed E-state index contributed by atoms with van der Waals surface area (Å²) in [4.78, 5) is 46.6. The molecule has 0 radical (unpaired) electrons. The normalized spacial score (nSPS) is 12.3. The molecule has 0 aliphatic rings. The summed E-state index contributed by atoms with van der Waals surface area (Å²) in [5.41, 5.74) is -0.0358. The molecule has 1 aromatic carbocycles. The van der Waals surface area contributed by atoms with Crippen molar-refractivity contribution in [3.05, 3.63) is 69.8 Å². The van der Waals surface area contributed by atoms with Crippen LogP contribution >= 0.6 is 0 Å². The second-order valence-corrected chi connectivity index (χ2v) is 6.81. The smallest absolute Gasteiger partial charge is 0.291 e. The fourth-order valence-electron chi connectivity index (χ4n) is 2.53. The number of non-ortho nitro benzene ring substituents is 1. The van der Waals surface area contributed by atoms with Crippen LogP contribution in [0.3, 0.4) is 0 Å². The van der Waals surface area contributed by atoms with Gasteiger partial charge in [-0.25, -0.2) is 0 Å². The van der Waals surface area contributed by atoms with Crippen LogP contribution < -0.4 is 15.7 Å². The molecule has 1 atom stereocenters. The molecule has 0 fully saturated rings. The largest absolute Gasteiger partial charge is 0.548 e. The van der Waals surface area contributed by atoms with E-state index in [9.17, 15) is 29.6 Å². The number of benzene rings is 1. The van der Waals surface area contributed by atoms with Crippen molar-refractivity contribution in [2.45, 2.75) is 26.3 Å². The fourth-order valence-corrected chi connectivity index (χ4v) is 2.53. The van der Waals surface area contributed by atoms with Crippen molar-refractivity contribution < 1.29 is 28.8 Å². The zero-order valence-corrected chi connectivity index (χ0v) is 16.3. The summed E-state index contributed by atoms with van der Waals surface area (Å²) in [6, 6.07) is 6.85. The standard InChI is InChI=1S/C20H21N3O7/c1-12(2)10-16(20(26)27)22-18(24)15(21-19(25)17-4-3-9-30-17)11-13-5-7-14(8-6-13)23(28)29/h3-9,11-12,16H,10H2,1-2H3,(H,21,25)(H,22,24)(H,26,27)/p-1/b15-11+/t16-/m1/s1. The van der Waals surface area contributed by atoms with Gasteiger partial charge in [-0.05, 0) is 48.2 Å². The summed E-state index contributed by atoms with van der Waals surface area (Å²) in [6.07, 6.45) is 2.68. The Morgan fingerprint density at radius 1 is 1.17 bits per heavy atom. The van der Waals surface area contributed by atoms with Crippen molar-refractivity contribution >= 4 is 29.5 Å². The van der Waals surface area contributed by atoms with Crippen LogP contribution in [-0.4, -0.2) is 28.7 Å². The zero-order valence-electron chi connectivity index (χ0n) is 16.3. The Kier molecular flexibility index (Phi) is 7.45. The highest BCUT2D eigenvalue weighted by Gasteiger charge is 2.21. The number of aliphatic carboxylic acids is 1. The van der Waals surface area contributed by atoms with Gasteiger partial charge in [0.25, 0.3) is 17.5 Å². The lowest BCUT2D eigenvalue weighted by molar-refractivity contribution is -0.384. The van der Waals surface area contributed by atoms with E-state index in [4.69, 9.17) is 4.42 Å². The number of furan rings is 1. The van der Waals surface area contributed by atoms with Gasteiger partial charge in [0.2, 0.25) is 0 Å². The number of rotatable bonds is 9. The number of amides is 2. The lowest BCUT2D eigenvalue weighted by Gasteiger charge is -2.22. The molecule has 2 N–H and O–H groups in total. The molecular weight excluding hydrogens is 394 g/mol. The molecule has 1 heterocycles. The molecule has 0 spiro atoms. The Hall–Kier alpha value is -3.95. The van der Waals surface area contributed by atoms with E-state index in [-0.39, 0.29) is 29.5 Å². The van der Waals surface area contributed by atoms with E-state index in [0.717, 1.165) is 0 Å². The molecule has 2 aromatic rings. The van der Waals surface area contributed by atoms with Gasteiger partial charge in [0, 0.05) is 12.1 Å². The first-order chi connectivity index (χ1) is 14.2. The van der Waals surface area contributed by atoms with Gasteiger partial charge in [-0.15, -0.1) is 0 Å². The van der Waals surface area contributed by atoms with Gasteiger partial charge in [0.15, 0.2) is 5.76 Å². The summed E-state index contributed by atoms with van der Waals surface area (Å²) in [5.74, 6) is -3.13. The van der Waals surface area contributed by atoms with Crippen LogP contribution in [0.4, 0.5) is 5.69 Å². The maximum Gasteiger partial charge on any atom is 0.291 e. The van der Waals surface area contributed by atoms with Crippen molar-refractivity contribution in [1.82, 2.24) is 10.6 Å². The molecule has 0 unspecified atom stereocenters. The first kappa shape index (κ1) is 22.3. The van der Waals surface area contributed by atoms with Gasteiger partial charge in [-0.3, -0.25) is 19.7 Å². The summed E-state index contributed by atoms with van der Waals surface area (Å²) in [5, 5.41) is 26.8. The Balaban J connectivity index is 2.31. The molecule has 2 amide bonds. The van der Waals surface area contributed by atoms with Crippen LogP contribution in [0, 0.1) is 16.0 Å². The first-order valence-electron chi connectivity index (χ1n) is 9.00. The molecule has 0 aliphatic heterocycles. The Morgan fingerprint density at radius 3 is 2.33 bits per heavy atom. The molecule has 0 saturated carbocycles. The van der Waals surface area contributed by atoms with Crippen LogP contribution in [0.2, 0.25) is 0 Å². The lowest BCUT2D eigenvalue weighted by atomic mass is 10.0. The molecule has 0 aliphatic carbocycles. The van der Waals surface area contributed by atoms with Crippen molar-refractivity contribution in [3.63, 3.8) is 0 Å². The van der Waals surface area contributed by atoms with Crippen LogP contribution in [0.15, 0.2) is 52.8 Å². The van der Waals surface area contributed by atoms with E-state index in [2.05, 4.69) is 10.6 Å². The SMILES string of the molecule is CC(C)C[C@@H](NC(=O)/C(=C\c1ccc([N+](=O)[O-])cc1)NC(=O)c1ccco1)C(=O)[O-]. The molecule has 2 rings (SSSR count). The minimum absolute atomic E-state index is 0.0342. The van der Waals surface area contributed by atoms with Crippen LogP contribution in [0.25, 0.3) is 6.08 Å². The van der Waals surface area contributed by atoms with E-state index in [0.29, 0.717) is 5.56 Å². The number of carbonyl (C=O) groups excluding carboxylic acids is 3. The molecule has 10 heteroatoms. The minimum atomic E-state index is -1.45. The monoisotopic (exact) mass is 414 g/mol. The summed E-state index contributed by atoms with van der Waals surface area (Å²) < 4.78 is 4.99. The average Bonchev–Trinajstić information content (AvgIpc) is 3.21. The number of nitrogens with one attached hydrogen (secondary N) is 2. The Bertz CT molecular complexity index is 947. The number of nitro benzene ring substituents is 1. The summed E-state index contributed by atoms with van der Waals surface area (Å²) in [6.45, 7) is 3.57. The molecule has 0 bridgehead atoms. The quantitative estimate of drug-likeness (QED) is 0.355. The van der Waals surface area contributed by atoms with Gasteiger partial charge < -0.3 is 25.0 Å². The number of carboxylic acid groups (broad SMARTS) is 1. The zero-order chi connectivity index (χ0) is 22.3. The van der Waals surface area contributed by atoms with E-state index in [1.807, 2.05) is 0 Å². The third kappa shape index (κ3) is 6.30. The van der Waals surface area contributed by atoms with E-state index < -0.39 is 28.7 Å².